The van der Waals surface area contributed by atoms with Crippen LogP contribution in [0.15, 0.2) is 73.1 Å². The standard InChI is InChI=1S/C22H16N6O/c1-14(29)15-5-7-16(8-6-15)17-3-2-4-19(11-17)28-13-23-20-10-9-18(12-21(20)28)22-24-26-27-25-22/h2-13H,1H3,(H,24,25,26,27). The summed E-state index contributed by atoms with van der Waals surface area (Å²) >= 11 is 0. The third-order valence-corrected chi connectivity index (χ3v) is 4.90. The number of hydrogen-bond donors (Lipinski definition) is 1. The summed E-state index contributed by atoms with van der Waals surface area (Å²) in [5.74, 6) is 0.603. The first-order valence-corrected chi connectivity index (χ1v) is 9.12. The zero-order valence-corrected chi connectivity index (χ0v) is 15.6. The fraction of sp³-hybridized carbons (Fsp3) is 0.0455. The molecule has 0 bridgehead atoms. The Hall–Kier alpha value is -4.13. The molecule has 0 atom stereocenters. The lowest BCUT2D eigenvalue weighted by Gasteiger charge is -2.08. The van der Waals surface area contributed by atoms with Gasteiger partial charge in [-0.15, -0.1) is 10.2 Å². The highest BCUT2D eigenvalue weighted by Crippen LogP contribution is 2.27. The van der Waals surface area contributed by atoms with E-state index in [0.717, 1.165) is 33.4 Å². The van der Waals surface area contributed by atoms with E-state index in [1.54, 1.807) is 6.92 Å². The maximum Gasteiger partial charge on any atom is 0.204 e. The average molecular weight is 380 g/mol. The number of fused-ring (bicyclic) bond motifs is 1. The average Bonchev–Trinajstić information content (AvgIpc) is 3.43. The summed E-state index contributed by atoms with van der Waals surface area (Å²) in [6, 6.07) is 21.7. The minimum atomic E-state index is 0.0626. The first-order chi connectivity index (χ1) is 14.2. The zero-order chi connectivity index (χ0) is 19.8. The highest BCUT2D eigenvalue weighted by molar-refractivity contribution is 5.94. The van der Waals surface area contributed by atoms with E-state index in [1.165, 1.54) is 0 Å². The first-order valence-electron chi connectivity index (χ1n) is 9.12. The summed E-state index contributed by atoms with van der Waals surface area (Å²) in [5, 5.41) is 14.2. The fourth-order valence-corrected chi connectivity index (χ4v) is 3.37. The molecule has 0 aliphatic carbocycles. The summed E-state index contributed by atoms with van der Waals surface area (Å²) in [5.41, 5.74) is 6.52. The third-order valence-electron chi connectivity index (χ3n) is 4.90. The van der Waals surface area contributed by atoms with E-state index in [4.69, 9.17) is 0 Å². The molecule has 0 aliphatic heterocycles. The van der Waals surface area contributed by atoms with Crippen molar-refractivity contribution in [3.63, 3.8) is 0 Å². The molecule has 0 aliphatic rings. The molecule has 140 valence electrons. The summed E-state index contributed by atoms with van der Waals surface area (Å²) < 4.78 is 2.03. The van der Waals surface area contributed by atoms with Crippen LogP contribution in [0.2, 0.25) is 0 Å². The molecule has 0 radical (unpaired) electrons. The van der Waals surface area contributed by atoms with E-state index < -0.39 is 0 Å². The maximum absolute atomic E-state index is 11.5. The van der Waals surface area contributed by atoms with Gasteiger partial charge in [-0.1, -0.05) is 36.4 Å². The number of Topliss-reactive ketones (excluding diaryl/α,β-unsaturated/α-hetero) is 1. The van der Waals surface area contributed by atoms with Crippen LogP contribution in [0.3, 0.4) is 0 Å². The van der Waals surface area contributed by atoms with Crippen LogP contribution in [0.25, 0.3) is 39.2 Å². The predicted octanol–water partition coefficient (Wildman–Crippen LogP) is 4.08. The molecule has 2 heterocycles. The summed E-state index contributed by atoms with van der Waals surface area (Å²) in [6.45, 7) is 1.57. The fourth-order valence-electron chi connectivity index (χ4n) is 3.37. The Bertz CT molecular complexity index is 1320. The molecule has 0 saturated carbocycles. The van der Waals surface area contributed by atoms with Crippen molar-refractivity contribution in [2.75, 3.05) is 0 Å². The van der Waals surface area contributed by atoms with Gasteiger partial charge in [0.1, 0.15) is 6.33 Å². The van der Waals surface area contributed by atoms with Gasteiger partial charge in [0.15, 0.2) is 5.78 Å². The first kappa shape index (κ1) is 17.0. The predicted molar refractivity (Wildman–Crippen MR) is 110 cm³/mol. The Morgan fingerprint density at radius 3 is 2.52 bits per heavy atom. The summed E-state index contributed by atoms with van der Waals surface area (Å²) in [7, 11) is 0. The molecule has 7 heteroatoms. The van der Waals surface area contributed by atoms with Crippen LogP contribution in [-0.2, 0) is 0 Å². The largest absolute Gasteiger partial charge is 0.299 e. The Kier molecular flexibility index (Phi) is 3.98. The van der Waals surface area contributed by atoms with Gasteiger partial charge in [-0.25, -0.2) is 4.98 Å². The number of nitrogens with zero attached hydrogens (tertiary/aromatic N) is 5. The molecule has 5 rings (SSSR count). The van der Waals surface area contributed by atoms with Gasteiger partial charge in [0.2, 0.25) is 5.82 Å². The minimum absolute atomic E-state index is 0.0626. The molecule has 1 N–H and O–H groups in total. The Morgan fingerprint density at radius 2 is 1.76 bits per heavy atom. The van der Waals surface area contributed by atoms with E-state index in [1.807, 2.05) is 65.5 Å². The van der Waals surface area contributed by atoms with Crippen LogP contribution in [0.5, 0.6) is 0 Å². The van der Waals surface area contributed by atoms with E-state index in [-0.39, 0.29) is 5.78 Å². The number of carbonyl (C=O) groups is 1. The highest BCUT2D eigenvalue weighted by atomic mass is 16.1. The quantitative estimate of drug-likeness (QED) is 0.475. The summed E-state index contributed by atoms with van der Waals surface area (Å²) in [4.78, 5) is 16.0. The van der Waals surface area contributed by atoms with Crippen molar-refractivity contribution in [2.45, 2.75) is 6.92 Å². The van der Waals surface area contributed by atoms with Crippen molar-refractivity contribution in [3.05, 3.63) is 78.6 Å². The van der Waals surface area contributed by atoms with Crippen LogP contribution in [0, 0.1) is 0 Å². The van der Waals surface area contributed by atoms with Crippen molar-refractivity contribution in [3.8, 4) is 28.2 Å². The number of carbonyl (C=O) groups excluding carboxylic acids is 1. The number of aromatic nitrogens is 6. The van der Waals surface area contributed by atoms with E-state index in [9.17, 15) is 4.79 Å². The van der Waals surface area contributed by atoms with Crippen molar-refractivity contribution >= 4 is 16.8 Å². The van der Waals surface area contributed by atoms with Gasteiger partial charge < -0.3 is 0 Å². The molecule has 0 amide bonds. The molecule has 0 unspecified atom stereocenters. The molecule has 2 aromatic heterocycles. The number of nitrogens with one attached hydrogen (secondary N) is 1. The summed E-state index contributed by atoms with van der Waals surface area (Å²) in [6.07, 6.45) is 1.81. The zero-order valence-electron chi connectivity index (χ0n) is 15.6. The van der Waals surface area contributed by atoms with Crippen molar-refractivity contribution in [2.24, 2.45) is 0 Å². The van der Waals surface area contributed by atoms with Gasteiger partial charge in [-0.2, -0.15) is 5.21 Å². The van der Waals surface area contributed by atoms with Gasteiger partial charge in [0.05, 0.1) is 11.0 Å². The second-order valence-electron chi connectivity index (χ2n) is 6.74. The highest BCUT2D eigenvalue weighted by Gasteiger charge is 2.10. The molecule has 3 aromatic carbocycles. The van der Waals surface area contributed by atoms with Crippen molar-refractivity contribution < 1.29 is 4.79 Å². The van der Waals surface area contributed by atoms with E-state index in [2.05, 4.69) is 37.7 Å². The van der Waals surface area contributed by atoms with Crippen LogP contribution in [-0.4, -0.2) is 36.0 Å². The maximum atomic E-state index is 11.5. The van der Waals surface area contributed by atoms with Gasteiger partial charge >= 0.3 is 0 Å². The smallest absolute Gasteiger partial charge is 0.204 e. The Morgan fingerprint density at radius 1 is 0.931 bits per heavy atom. The molecule has 0 spiro atoms. The van der Waals surface area contributed by atoms with Gasteiger partial charge in [-0.05, 0) is 53.6 Å². The number of tetrazole rings is 1. The van der Waals surface area contributed by atoms with Crippen LogP contribution < -0.4 is 0 Å². The number of ketones is 1. The van der Waals surface area contributed by atoms with E-state index in [0.29, 0.717) is 11.4 Å². The molecule has 29 heavy (non-hydrogen) atoms. The number of aromatic amines is 1. The number of hydrogen-bond acceptors (Lipinski definition) is 5. The molecule has 7 nitrogen and oxygen atoms in total. The number of H-pyrrole nitrogens is 1. The van der Waals surface area contributed by atoms with Gasteiger partial charge in [0.25, 0.3) is 0 Å². The molecule has 0 saturated heterocycles. The molecule has 0 fully saturated rings. The van der Waals surface area contributed by atoms with E-state index >= 15 is 0 Å². The molecule has 5 aromatic rings. The van der Waals surface area contributed by atoms with Crippen LogP contribution in [0.1, 0.15) is 17.3 Å². The second-order valence-corrected chi connectivity index (χ2v) is 6.74. The Labute approximate surface area is 166 Å². The lowest BCUT2D eigenvalue weighted by Crippen LogP contribution is -1.94. The molecular formula is C22H16N6O. The normalized spacial score (nSPS) is 11.1. The number of rotatable bonds is 4. The van der Waals surface area contributed by atoms with Crippen molar-refractivity contribution in [1.82, 2.24) is 30.2 Å². The lowest BCUT2D eigenvalue weighted by molar-refractivity contribution is 0.101. The SMILES string of the molecule is CC(=O)c1ccc(-c2cccc(-n3cnc4ccc(-c5nn[nH]n5)cc43)c2)cc1. The topological polar surface area (TPSA) is 89.4 Å². The van der Waals surface area contributed by atoms with Gasteiger partial charge in [0, 0.05) is 16.8 Å². The Balaban J connectivity index is 1.57. The van der Waals surface area contributed by atoms with Crippen molar-refractivity contribution in [1.29, 1.82) is 0 Å². The van der Waals surface area contributed by atoms with Gasteiger partial charge in [-0.3, -0.25) is 9.36 Å². The number of benzene rings is 3. The monoisotopic (exact) mass is 380 g/mol. The lowest BCUT2D eigenvalue weighted by atomic mass is 10.0. The number of imidazole rings is 1. The third kappa shape index (κ3) is 3.08. The minimum Gasteiger partial charge on any atom is -0.299 e. The second kappa shape index (κ2) is 6.79. The molecular weight excluding hydrogens is 364 g/mol. The van der Waals surface area contributed by atoms with Crippen LogP contribution >= 0.6 is 0 Å². The van der Waals surface area contributed by atoms with Crippen LogP contribution in [0.4, 0.5) is 0 Å².